The molecule has 0 saturated carbocycles. The van der Waals surface area contributed by atoms with Crippen LogP contribution in [0.15, 0.2) is 6.33 Å². The summed E-state index contributed by atoms with van der Waals surface area (Å²) in [7, 11) is 0. The lowest BCUT2D eigenvalue weighted by atomic mass is 10.2. The number of aromatic amines is 1. The van der Waals surface area contributed by atoms with Gasteiger partial charge < -0.3 is 15.7 Å². The number of nitrogens with zero attached hydrogens (tertiary/aromatic N) is 2. The SMILES string of the molecule is CCC(NC(=O)NCCCc1ncn[nH]1)C(=O)O. The Hall–Kier alpha value is -2.12. The van der Waals surface area contributed by atoms with Gasteiger partial charge in [-0.15, -0.1) is 0 Å². The molecule has 4 N–H and O–H groups in total. The molecule has 8 nitrogen and oxygen atoms in total. The number of aryl methyl sites for hydroxylation is 1. The molecule has 0 spiro atoms. The van der Waals surface area contributed by atoms with Crippen molar-refractivity contribution in [2.75, 3.05) is 6.54 Å². The molecule has 0 saturated heterocycles. The monoisotopic (exact) mass is 255 g/mol. The number of amides is 2. The number of rotatable bonds is 7. The van der Waals surface area contributed by atoms with Crippen LogP contribution in [0.5, 0.6) is 0 Å². The molecular weight excluding hydrogens is 238 g/mol. The number of carbonyl (C=O) groups excluding carboxylic acids is 1. The molecule has 1 heterocycles. The zero-order valence-corrected chi connectivity index (χ0v) is 10.1. The number of aliphatic carboxylic acids is 1. The smallest absolute Gasteiger partial charge is 0.326 e. The summed E-state index contributed by atoms with van der Waals surface area (Å²) in [5.41, 5.74) is 0. The van der Waals surface area contributed by atoms with Crippen LogP contribution in [0, 0.1) is 0 Å². The van der Waals surface area contributed by atoms with Crippen LogP contribution in [-0.4, -0.2) is 44.9 Å². The highest BCUT2D eigenvalue weighted by molar-refractivity contribution is 5.82. The van der Waals surface area contributed by atoms with E-state index in [-0.39, 0.29) is 0 Å². The molecule has 0 aromatic carbocycles. The van der Waals surface area contributed by atoms with Crippen LogP contribution in [0.2, 0.25) is 0 Å². The zero-order valence-electron chi connectivity index (χ0n) is 10.1. The van der Waals surface area contributed by atoms with Gasteiger partial charge in [-0.3, -0.25) is 5.10 Å². The first-order valence-electron chi connectivity index (χ1n) is 5.75. The predicted molar refractivity (Wildman–Crippen MR) is 63.0 cm³/mol. The van der Waals surface area contributed by atoms with Gasteiger partial charge in [-0.25, -0.2) is 14.6 Å². The molecule has 1 atom stereocenters. The van der Waals surface area contributed by atoms with Gasteiger partial charge in [0.2, 0.25) is 0 Å². The summed E-state index contributed by atoms with van der Waals surface area (Å²) in [4.78, 5) is 26.0. The van der Waals surface area contributed by atoms with Crippen LogP contribution >= 0.6 is 0 Å². The van der Waals surface area contributed by atoms with Crippen molar-refractivity contribution in [3.8, 4) is 0 Å². The molecule has 18 heavy (non-hydrogen) atoms. The Balaban J connectivity index is 2.15. The lowest BCUT2D eigenvalue weighted by molar-refractivity contribution is -0.139. The van der Waals surface area contributed by atoms with Crippen LogP contribution in [0.1, 0.15) is 25.6 Å². The summed E-state index contributed by atoms with van der Waals surface area (Å²) in [6, 6.07) is -1.32. The number of carboxylic acid groups (broad SMARTS) is 1. The lowest BCUT2D eigenvalue weighted by Crippen LogP contribution is -2.45. The molecule has 0 aliphatic heterocycles. The van der Waals surface area contributed by atoms with Crippen LogP contribution < -0.4 is 10.6 Å². The van der Waals surface area contributed by atoms with Crippen molar-refractivity contribution in [2.24, 2.45) is 0 Å². The van der Waals surface area contributed by atoms with Gasteiger partial charge in [0.25, 0.3) is 0 Å². The van der Waals surface area contributed by atoms with Gasteiger partial charge in [0, 0.05) is 13.0 Å². The van der Waals surface area contributed by atoms with Gasteiger partial charge in [0.1, 0.15) is 18.2 Å². The Morgan fingerprint density at radius 2 is 2.33 bits per heavy atom. The van der Waals surface area contributed by atoms with Gasteiger partial charge in [0.15, 0.2) is 0 Å². The van der Waals surface area contributed by atoms with Crippen molar-refractivity contribution in [1.29, 1.82) is 0 Å². The van der Waals surface area contributed by atoms with Crippen LogP contribution in [-0.2, 0) is 11.2 Å². The molecule has 100 valence electrons. The highest BCUT2D eigenvalue weighted by Crippen LogP contribution is 1.93. The standard InChI is InChI=1S/C10H17N5O3/c1-2-7(9(16)17)14-10(18)11-5-3-4-8-12-6-13-15-8/h6-7H,2-5H2,1H3,(H,16,17)(H2,11,14,18)(H,12,13,15). The van der Waals surface area contributed by atoms with E-state index in [1.165, 1.54) is 6.33 Å². The number of hydrogen-bond donors (Lipinski definition) is 4. The van der Waals surface area contributed by atoms with E-state index in [9.17, 15) is 9.59 Å². The van der Waals surface area contributed by atoms with Gasteiger partial charge in [-0.05, 0) is 12.8 Å². The minimum Gasteiger partial charge on any atom is -0.480 e. The van der Waals surface area contributed by atoms with E-state index >= 15 is 0 Å². The average Bonchev–Trinajstić information content (AvgIpc) is 2.84. The van der Waals surface area contributed by atoms with E-state index in [0.29, 0.717) is 25.8 Å². The van der Waals surface area contributed by atoms with Crippen molar-refractivity contribution in [3.05, 3.63) is 12.2 Å². The molecule has 0 fully saturated rings. The molecular formula is C10H17N5O3. The highest BCUT2D eigenvalue weighted by atomic mass is 16.4. The Labute approximate surface area is 104 Å². The Morgan fingerprint density at radius 1 is 1.56 bits per heavy atom. The van der Waals surface area contributed by atoms with E-state index in [4.69, 9.17) is 5.11 Å². The summed E-state index contributed by atoms with van der Waals surface area (Å²) in [6.07, 6.45) is 3.15. The fraction of sp³-hybridized carbons (Fsp3) is 0.600. The number of urea groups is 1. The van der Waals surface area contributed by atoms with E-state index in [1.807, 2.05) is 0 Å². The quantitative estimate of drug-likeness (QED) is 0.507. The number of hydrogen-bond acceptors (Lipinski definition) is 4. The highest BCUT2D eigenvalue weighted by Gasteiger charge is 2.16. The Morgan fingerprint density at radius 3 is 2.89 bits per heavy atom. The number of carboxylic acids is 1. The van der Waals surface area contributed by atoms with Crippen molar-refractivity contribution in [3.63, 3.8) is 0 Å². The fourth-order valence-corrected chi connectivity index (χ4v) is 1.36. The van der Waals surface area contributed by atoms with E-state index in [1.54, 1.807) is 6.92 Å². The van der Waals surface area contributed by atoms with Crippen molar-refractivity contribution < 1.29 is 14.7 Å². The zero-order chi connectivity index (χ0) is 13.4. The number of aromatic nitrogens is 3. The number of H-pyrrole nitrogens is 1. The molecule has 1 aromatic rings. The van der Waals surface area contributed by atoms with Crippen molar-refractivity contribution in [1.82, 2.24) is 25.8 Å². The van der Waals surface area contributed by atoms with Crippen molar-refractivity contribution >= 4 is 12.0 Å². The van der Waals surface area contributed by atoms with E-state index in [2.05, 4.69) is 25.8 Å². The molecule has 0 bridgehead atoms. The topological polar surface area (TPSA) is 120 Å². The Bertz CT molecular complexity index is 379. The van der Waals surface area contributed by atoms with E-state index in [0.717, 1.165) is 5.82 Å². The maximum absolute atomic E-state index is 11.4. The third-order valence-electron chi connectivity index (χ3n) is 2.35. The summed E-state index contributed by atoms with van der Waals surface area (Å²) in [6.45, 7) is 2.14. The van der Waals surface area contributed by atoms with E-state index < -0.39 is 18.0 Å². The second kappa shape index (κ2) is 7.25. The second-order valence-corrected chi connectivity index (χ2v) is 3.74. The van der Waals surface area contributed by atoms with Crippen molar-refractivity contribution in [2.45, 2.75) is 32.2 Å². The molecule has 2 amide bonds. The fourth-order valence-electron chi connectivity index (χ4n) is 1.36. The molecule has 1 unspecified atom stereocenters. The third kappa shape index (κ3) is 4.81. The molecule has 0 radical (unpaired) electrons. The maximum Gasteiger partial charge on any atom is 0.326 e. The number of nitrogens with one attached hydrogen (secondary N) is 3. The van der Waals surface area contributed by atoms with Gasteiger partial charge in [0.05, 0.1) is 0 Å². The predicted octanol–water partition coefficient (Wildman–Crippen LogP) is -0.100. The second-order valence-electron chi connectivity index (χ2n) is 3.74. The van der Waals surface area contributed by atoms with Gasteiger partial charge >= 0.3 is 12.0 Å². The summed E-state index contributed by atoms with van der Waals surface area (Å²) in [5, 5.41) is 20.1. The van der Waals surface area contributed by atoms with Gasteiger partial charge in [-0.1, -0.05) is 6.92 Å². The van der Waals surface area contributed by atoms with Gasteiger partial charge in [-0.2, -0.15) is 5.10 Å². The summed E-state index contributed by atoms with van der Waals surface area (Å²) < 4.78 is 0. The first kappa shape index (κ1) is 13.9. The summed E-state index contributed by atoms with van der Waals surface area (Å²) in [5.74, 6) is -0.275. The normalized spacial score (nSPS) is 11.8. The number of carbonyl (C=O) groups is 2. The molecule has 8 heteroatoms. The Kier molecular flexibility index (Phi) is 5.62. The van der Waals surface area contributed by atoms with Crippen LogP contribution in [0.4, 0.5) is 4.79 Å². The first-order chi connectivity index (χ1) is 8.63. The molecule has 1 rings (SSSR count). The lowest BCUT2D eigenvalue weighted by Gasteiger charge is -2.12. The first-order valence-corrected chi connectivity index (χ1v) is 5.75. The summed E-state index contributed by atoms with van der Waals surface area (Å²) >= 11 is 0. The molecule has 0 aliphatic carbocycles. The molecule has 1 aromatic heterocycles. The molecule has 0 aliphatic rings. The largest absolute Gasteiger partial charge is 0.480 e. The van der Waals surface area contributed by atoms with Crippen LogP contribution in [0.25, 0.3) is 0 Å². The third-order valence-corrected chi connectivity index (χ3v) is 2.35. The maximum atomic E-state index is 11.4. The van der Waals surface area contributed by atoms with Crippen LogP contribution in [0.3, 0.4) is 0 Å². The minimum absolute atomic E-state index is 0.348. The minimum atomic E-state index is -1.03. The average molecular weight is 255 g/mol.